The Labute approximate surface area is 295 Å². The summed E-state index contributed by atoms with van der Waals surface area (Å²) in [5.74, 6) is -0.639. The summed E-state index contributed by atoms with van der Waals surface area (Å²) in [5, 5.41) is 9.55. The van der Waals surface area contributed by atoms with Crippen LogP contribution in [0.5, 0.6) is 0 Å². The summed E-state index contributed by atoms with van der Waals surface area (Å²) in [5.41, 5.74) is 0. The summed E-state index contributed by atoms with van der Waals surface area (Å²) < 4.78 is 10.6. The van der Waals surface area contributed by atoms with Gasteiger partial charge in [0.05, 0.1) is 6.61 Å². The third kappa shape index (κ3) is 36.2. The Hall–Kier alpha value is -2.66. The van der Waals surface area contributed by atoms with E-state index in [4.69, 9.17) is 9.47 Å². The molecule has 0 aliphatic carbocycles. The van der Waals surface area contributed by atoms with Gasteiger partial charge in [0, 0.05) is 12.8 Å². The van der Waals surface area contributed by atoms with Crippen LogP contribution in [0.25, 0.3) is 0 Å². The Kier molecular flexibility index (Phi) is 36.6. The normalized spacial score (nSPS) is 13.0. The summed E-state index contributed by atoms with van der Waals surface area (Å²) in [6.07, 6.45) is 51.0. The van der Waals surface area contributed by atoms with E-state index in [0.717, 1.165) is 77.0 Å². The van der Waals surface area contributed by atoms with Crippen molar-refractivity contribution < 1.29 is 24.2 Å². The molecule has 0 unspecified atom stereocenters. The quantitative estimate of drug-likeness (QED) is 0.0420. The second-order valence-electron chi connectivity index (χ2n) is 12.6. The van der Waals surface area contributed by atoms with Crippen molar-refractivity contribution in [1.82, 2.24) is 0 Å². The molecule has 274 valence electrons. The van der Waals surface area contributed by atoms with Crippen molar-refractivity contribution in [3.63, 3.8) is 0 Å². The van der Waals surface area contributed by atoms with Crippen LogP contribution in [0.15, 0.2) is 72.9 Å². The Balaban J connectivity index is 3.66. The average molecular weight is 669 g/mol. The van der Waals surface area contributed by atoms with Gasteiger partial charge in [0.2, 0.25) is 0 Å². The lowest BCUT2D eigenvalue weighted by molar-refractivity contribution is -0.161. The molecule has 0 aromatic rings. The monoisotopic (exact) mass is 669 g/mol. The first-order chi connectivity index (χ1) is 23.6. The summed E-state index contributed by atoms with van der Waals surface area (Å²) in [6, 6.07) is 0. The van der Waals surface area contributed by atoms with Crippen molar-refractivity contribution >= 4 is 11.9 Å². The maximum absolute atomic E-state index is 12.2. The Bertz CT molecular complexity index is 895. The predicted molar refractivity (Wildman–Crippen MR) is 205 cm³/mol. The zero-order valence-corrected chi connectivity index (χ0v) is 31.0. The second kappa shape index (κ2) is 38.8. The highest BCUT2D eigenvalue weighted by molar-refractivity contribution is 5.70. The van der Waals surface area contributed by atoms with Crippen molar-refractivity contribution in [1.29, 1.82) is 0 Å². The van der Waals surface area contributed by atoms with E-state index >= 15 is 0 Å². The molecule has 0 amide bonds. The molecule has 0 fully saturated rings. The average Bonchev–Trinajstić information content (AvgIpc) is 3.09. The number of ether oxygens (including phenoxy) is 2. The zero-order valence-electron chi connectivity index (χ0n) is 31.0. The van der Waals surface area contributed by atoms with Crippen molar-refractivity contribution in [2.45, 2.75) is 174 Å². The third-order valence-corrected chi connectivity index (χ3v) is 7.98. The maximum atomic E-state index is 12.2. The van der Waals surface area contributed by atoms with Crippen LogP contribution in [-0.2, 0) is 19.1 Å². The molecule has 1 N–H and O–H groups in total. The van der Waals surface area contributed by atoms with Gasteiger partial charge in [-0.15, -0.1) is 0 Å². The number of aliphatic hydroxyl groups excluding tert-OH is 1. The number of hydrogen-bond acceptors (Lipinski definition) is 5. The number of hydrogen-bond donors (Lipinski definition) is 1. The van der Waals surface area contributed by atoms with Gasteiger partial charge in [-0.2, -0.15) is 0 Å². The van der Waals surface area contributed by atoms with Crippen LogP contribution < -0.4 is 0 Å². The van der Waals surface area contributed by atoms with E-state index < -0.39 is 6.10 Å². The smallest absolute Gasteiger partial charge is 0.306 e. The highest BCUT2D eigenvalue weighted by Crippen LogP contribution is 2.12. The summed E-state index contributed by atoms with van der Waals surface area (Å²) >= 11 is 0. The lowest BCUT2D eigenvalue weighted by Gasteiger charge is -2.15. The van der Waals surface area contributed by atoms with Gasteiger partial charge < -0.3 is 14.6 Å². The largest absolute Gasteiger partial charge is 0.462 e. The molecule has 0 rings (SSSR count). The van der Waals surface area contributed by atoms with E-state index in [0.29, 0.717) is 12.8 Å². The second-order valence-corrected chi connectivity index (χ2v) is 12.6. The number of esters is 2. The molecule has 5 heteroatoms. The van der Waals surface area contributed by atoms with Crippen molar-refractivity contribution in [3.8, 4) is 0 Å². The first-order valence-corrected chi connectivity index (χ1v) is 19.5. The summed E-state index contributed by atoms with van der Waals surface area (Å²) in [4.78, 5) is 24.2. The van der Waals surface area contributed by atoms with E-state index in [1.807, 2.05) is 0 Å². The minimum absolute atomic E-state index is 0.0881. The van der Waals surface area contributed by atoms with Crippen molar-refractivity contribution in [3.05, 3.63) is 72.9 Å². The van der Waals surface area contributed by atoms with Crippen molar-refractivity contribution in [2.75, 3.05) is 13.2 Å². The van der Waals surface area contributed by atoms with Crippen LogP contribution in [0.1, 0.15) is 168 Å². The van der Waals surface area contributed by atoms with Gasteiger partial charge in [-0.1, -0.05) is 145 Å². The molecule has 1 atom stereocenters. The third-order valence-electron chi connectivity index (χ3n) is 7.98. The van der Waals surface area contributed by atoms with Crippen LogP contribution in [0, 0.1) is 0 Å². The van der Waals surface area contributed by atoms with Gasteiger partial charge in [-0.05, 0) is 83.5 Å². The van der Waals surface area contributed by atoms with Gasteiger partial charge in [-0.25, -0.2) is 0 Å². The fourth-order valence-corrected chi connectivity index (χ4v) is 5.04. The molecule has 0 bridgehead atoms. The lowest BCUT2D eigenvalue weighted by atomic mass is 10.1. The molecule has 0 aromatic heterocycles. The number of carbonyl (C=O) groups excluding carboxylic acids is 2. The topological polar surface area (TPSA) is 72.8 Å². The number of allylic oxidation sites excluding steroid dienone is 12. The van der Waals surface area contributed by atoms with E-state index in [1.54, 1.807) is 0 Å². The van der Waals surface area contributed by atoms with Crippen LogP contribution in [0.4, 0.5) is 0 Å². The Morgan fingerprint density at radius 1 is 0.500 bits per heavy atom. The van der Waals surface area contributed by atoms with E-state index in [9.17, 15) is 14.7 Å². The first kappa shape index (κ1) is 45.3. The molecule has 5 nitrogen and oxygen atoms in total. The standard InChI is InChI=1S/C43H72O5/c1-3-5-7-9-11-13-15-17-19-20-21-22-24-25-27-29-31-33-35-37-42(45)47-40-41(39-44)48-43(46)38-36-34-32-30-28-26-23-18-16-14-12-10-8-6-4-2/h5,7,11,13-14,16-17,19,21-22,25,27,41,44H,3-4,6,8-10,12,15,18,20,23-24,26,28-40H2,1-2H3/b7-5-,13-11-,16-14-,19-17-,22-21-,27-25-/t41-/m0/s1. The van der Waals surface area contributed by atoms with Gasteiger partial charge in [0.15, 0.2) is 6.10 Å². The van der Waals surface area contributed by atoms with Crippen LogP contribution in [0.2, 0.25) is 0 Å². The summed E-state index contributed by atoms with van der Waals surface area (Å²) in [6.45, 7) is 3.96. The Morgan fingerprint density at radius 2 is 0.896 bits per heavy atom. The number of aliphatic hydroxyl groups is 1. The highest BCUT2D eigenvalue weighted by atomic mass is 16.6. The minimum Gasteiger partial charge on any atom is -0.462 e. The first-order valence-electron chi connectivity index (χ1n) is 19.5. The molecule has 48 heavy (non-hydrogen) atoms. The Morgan fingerprint density at radius 3 is 1.40 bits per heavy atom. The molecule has 0 aromatic carbocycles. The minimum atomic E-state index is -0.790. The maximum Gasteiger partial charge on any atom is 0.306 e. The van der Waals surface area contributed by atoms with E-state index in [-0.39, 0.29) is 25.2 Å². The highest BCUT2D eigenvalue weighted by Gasteiger charge is 2.16. The number of carbonyl (C=O) groups is 2. The molecule has 0 saturated heterocycles. The van der Waals surface area contributed by atoms with Gasteiger partial charge in [-0.3, -0.25) is 9.59 Å². The molecule has 0 spiro atoms. The fraction of sp³-hybridized carbons (Fsp3) is 0.674. The summed E-state index contributed by atoms with van der Waals surface area (Å²) in [7, 11) is 0. The molecular weight excluding hydrogens is 596 g/mol. The van der Waals surface area contributed by atoms with Crippen LogP contribution in [-0.4, -0.2) is 36.4 Å². The van der Waals surface area contributed by atoms with Gasteiger partial charge in [0.1, 0.15) is 6.61 Å². The SMILES string of the molecule is CC/C=C\C/C=C\C/C=C\C/C=C\C/C=C\CCCCCC(=O)OC[C@H](CO)OC(=O)CCCCCCCCC/C=C\CCCCCC. The zero-order chi connectivity index (χ0) is 35.0. The lowest BCUT2D eigenvalue weighted by Crippen LogP contribution is -2.28. The molecule has 0 heterocycles. The van der Waals surface area contributed by atoms with Crippen molar-refractivity contribution in [2.24, 2.45) is 0 Å². The fourth-order valence-electron chi connectivity index (χ4n) is 5.04. The van der Waals surface area contributed by atoms with E-state index in [2.05, 4.69) is 86.8 Å². The van der Waals surface area contributed by atoms with Gasteiger partial charge in [0.25, 0.3) is 0 Å². The number of rotatable bonds is 34. The van der Waals surface area contributed by atoms with Crippen LogP contribution in [0.3, 0.4) is 0 Å². The molecule has 0 aliphatic heterocycles. The van der Waals surface area contributed by atoms with Gasteiger partial charge >= 0.3 is 11.9 Å². The molecular formula is C43H72O5. The number of unbranched alkanes of at least 4 members (excludes halogenated alkanes) is 14. The van der Waals surface area contributed by atoms with Crippen LogP contribution >= 0.6 is 0 Å². The molecule has 0 saturated carbocycles. The van der Waals surface area contributed by atoms with E-state index in [1.165, 1.54) is 64.2 Å². The molecule has 0 radical (unpaired) electrons. The predicted octanol–water partition coefficient (Wildman–Crippen LogP) is 12.2. The molecule has 0 aliphatic rings.